The molecule has 0 aliphatic rings. The van der Waals surface area contributed by atoms with Gasteiger partial charge in [-0.2, -0.15) is 0 Å². The number of likely N-dealkylation sites (N-methyl/N-ethyl adjacent to an activating group) is 1. The molecule has 0 amide bonds. The van der Waals surface area contributed by atoms with Gasteiger partial charge in [-0.05, 0) is 39.1 Å². The van der Waals surface area contributed by atoms with Crippen LogP contribution in [0, 0.1) is 13.8 Å². The molecule has 0 unspecified atom stereocenters. The Kier molecular flexibility index (Phi) is 4.21. The van der Waals surface area contributed by atoms with E-state index in [4.69, 9.17) is 0 Å². The van der Waals surface area contributed by atoms with Gasteiger partial charge in [0.2, 0.25) is 0 Å². The first kappa shape index (κ1) is 11.3. The lowest BCUT2D eigenvalue weighted by molar-refractivity contribution is 0.289. The van der Waals surface area contributed by atoms with E-state index in [1.165, 1.54) is 11.4 Å². The van der Waals surface area contributed by atoms with E-state index in [0.29, 0.717) is 0 Å². The van der Waals surface area contributed by atoms with Gasteiger partial charge in [-0.3, -0.25) is 0 Å². The molecule has 0 bridgehead atoms. The van der Waals surface area contributed by atoms with E-state index in [2.05, 4.69) is 49.3 Å². The molecule has 0 aliphatic heterocycles. The summed E-state index contributed by atoms with van der Waals surface area (Å²) in [6, 6.07) is 4.38. The first-order valence-corrected chi connectivity index (χ1v) is 5.54. The number of rotatable bonds is 5. The van der Waals surface area contributed by atoms with Crippen LogP contribution in [-0.4, -0.2) is 29.1 Å². The van der Waals surface area contributed by atoms with Gasteiger partial charge in [0.25, 0.3) is 0 Å². The van der Waals surface area contributed by atoms with E-state index in [9.17, 15) is 0 Å². The van der Waals surface area contributed by atoms with E-state index in [1.54, 1.807) is 0 Å². The molecule has 0 aliphatic carbocycles. The minimum absolute atomic E-state index is 1.12. The summed E-state index contributed by atoms with van der Waals surface area (Å²) in [6.07, 6.45) is 0. The highest BCUT2D eigenvalue weighted by atomic mass is 15.1. The van der Waals surface area contributed by atoms with Crippen molar-refractivity contribution in [1.29, 1.82) is 0 Å². The molecule has 2 nitrogen and oxygen atoms in total. The lowest BCUT2D eigenvalue weighted by Gasteiger charge is -2.19. The Morgan fingerprint density at radius 3 is 2.00 bits per heavy atom. The summed E-state index contributed by atoms with van der Waals surface area (Å²) >= 11 is 0. The van der Waals surface area contributed by atoms with Crippen molar-refractivity contribution in [3.05, 3.63) is 23.5 Å². The third kappa shape index (κ3) is 2.61. The third-order valence-electron chi connectivity index (χ3n) is 2.95. The van der Waals surface area contributed by atoms with Gasteiger partial charge in [-0.25, -0.2) is 0 Å². The van der Waals surface area contributed by atoms with E-state index >= 15 is 0 Å². The molecule has 0 saturated heterocycles. The van der Waals surface area contributed by atoms with Crippen molar-refractivity contribution >= 4 is 0 Å². The van der Waals surface area contributed by atoms with Crippen LogP contribution < -0.4 is 0 Å². The molecular formula is C12H22N2. The minimum Gasteiger partial charge on any atom is -0.348 e. The second-order valence-corrected chi connectivity index (χ2v) is 3.79. The summed E-state index contributed by atoms with van der Waals surface area (Å²) in [7, 11) is 0. The molecule has 0 radical (unpaired) electrons. The molecular weight excluding hydrogens is 172 g/mol. The molecule has 1 heterocycles. The fourth-order valence-electron chi connectivity index (χ4n) is 1.83. The largest absolute Gasteiger partial charge is 0.348 e. The second kappa shape index (κ2) is 5.20. The normalized spacial score (nSPS) is 11.2. The number of aromatic nitrogens is 1. The fourth-order valence-corrected chi connectivity index (χ4v) is 1.83. The zero-order valence-corrected chi connectivity index (χ0v) is 9.88. The second-order valence-electron chi connectivity index (χ2n) is 3.79. The van der Waals surface area contributed by atoms with Gasteiger partial charge in [0.1, 0.15) is 0 Å². The first-order chi connectivity index (χ1) is 6.69. The first-order valence-electron chi connectivity index (χ1n) is 5.54. The molecule has 0 spiro atoms. The Hall–Kier alpha value is -0.760. The van der Waals surface area contributed by atoms with Gasteiger partial charge in [0.05, 0.1) is 0 Å². The molecule has 1 aromatic heterocycles. The van der Waals surface area contributed by atoms with E-state index in [-0.39, 0.29) is 0 Å². The van der Waals surface area contributed by atoms with E-state index in [1.807, 2.05) is 0 Å². The lowest BCUT2D eigenvalue weighted by atomic mass is 10.4. The predicted octanol–water partition coefficient (Wildman–Crippen LogP) is 2.45. The van der Waals surface area contributed by atoms with Crippen molar-refractivity contribution in [1.82, 2.24) is 9.47 Å². The molecule has 0 fully saturated rings. The van der Waals surface area contributed by atoms with Crippen LogP contribution in [0.3, 0.4) is 0 Å². The summed E-state index contributed by atoms with van der Waals surface area (Å²) in [5, 5.41) is 0. The highest BCUT2D eigenvalue weighted by molar-refractivity contribution is 5.13. The van der Waals surface area contributed by atoms with Crippen LogP contribution in [-0.2, 0) is 6.54 Å². The van der Waals surface area contributed by atoms with Gasteiger partial charge >= 0.3 is 0 Å². The van der Waals surface area contributed by atoms with Gasteiger partial charge in [-0.1, -0.05) is 13.8 Å². The molecule has 80 valence electrons. The fraction of sp³-hybridized carbons (Fsp3) is 0.667. The Morgan fingerprint density at radius 1 is 1.07 bits per heavy atom. The maximum Gasteiger partial charge on any atom is 0.0352 e. The third-order valence-corrected chi connectivity index (χ3v) is 2.95. The predicted molar refractivity (Wildman–Crippen MR) is 61.7 cm³/mol. The van der Waals surface area contributed by atoms with E-state index in [0.717, 1.165) is 26.2 Å². The summed E-state index contributed by atoms with van der Waals surface area (Å²) in [5.74, 6) is 0. The highest BCUT2D eigenvalue weighted by Crippen LogP contribution is 2.06. The lowest BCUT2D eigenvalue weighted by Crippen LogP contribution is -2.27. The SMILES string of the molecule is CCN(CC)CCn1c(C)ccc1C. The van der Waals surface area contributed by atoms with E-state index < -0.39 is 0 Å². The smallest absolute Gasteiger partial charge is 0.0352 e. The summed E-state index contributed by atoms with van der Waals surface area (Å²) < 4.78 is 2.39. The van der Waals surface area contributed by atoms with Crippen LogP contribution in [0.5, 0.6) is 0 Å². The van der Waals surface area contributed by atoms with Crippen molar-refractivity contribution in [2.24, 2.45) is 0 Å². The van der Waals surface area contributed by atoms with Crippen molar-refractivity contribution in [3.8, 4) is 0 Å². The zero-order valence-electron chi connectivity index (χ0n) is 9.88. The summed E-state index contributed by atoms with van der Waals surface area (Å²) in [4.78, 5) is 2.46. The number of hydrogen-bond donors (Lipinski definition) is 0. The van der Waals surface area contributed by atoms with Gasteiger partial charge < -0.3 is 9.47 Å². The molecule has 0 saturated carbocycles. The maximum atomic E-state index is 2.46. The average molecular weight is 194 g/mol. The average Bonchev–Trinajstić information content (AvgIpc) is 2.50. The minimum atomic E-state index is 1.12. The van der Waals surface area contributed by atoms with Crippen LogP contribution in [0.25, 0.3) is 0 Å². The number of hydrogen-bond acceptors (Lipinski definition) is 1. The Balaban J connectivity index is 2.52. The molecule has 0 atom stereocenters. The maximum absolute atomic E-state index is 2.46. The summed E-state index contributed by atoms with van der Waals surface area (Å²) in [5.41, 5.74) is 2.74. The van der Waals surface area contributed by atoms with Crippen LogP contribution in [0.1, 0.15) is 25.2 Å². The Morgan fingerprint density at radius 2 is 1.57 bits per heavy atom. The number of aryl methyl sites for hydroxylation is 2. The van der Waals surface area contributed by atoms with Crippen molar-refractivity contribution in [2.45, 2.75) is 34.2 Å². The van der Waals surface area contributed by atoms with Gasteiger partial charge in [-0.15, -0.1) is 0 Å². The molecule has 2 heteroatoms. The molecule has 14 heavy (non-hydrogen) atoms. The van der Waals surface area contributed by atoms with Crippen LogP contribution in [0.15, 0.2) is 12.1 Å². The standard InChI is InChI=1S/C12H22N2/c1-5-13(6-2)9-10-14-11(3)7-8-12(14)4/h7-8H,5-6,9-10H2,1-4H3. The van der Waals surface area contributed by atoms with Crippen LogP contribution >= 0.6 is 0 Å². The van der Waals surface area contributed by atoms with Crippen molar-refractivity contribution in [2.75, 3.05) is 19.6 Å². The van der Waals surface area contributed by atoms with Gasteiger partial charge in [0.15, 0.2) is 0 Å². The van der Waals surface area contributed by atoms with Crippen LogP contribution in [0.2, 0.25) is 0 Å². The quantitative estimate of drug-likeness (QED) is 0.699. The molecule has 0 N–H and O–H groups in total. The highest BCUT2D eigenvalue weighted by Gasteiger charge is 2.03. The van der Waals surface area contributed by atoms with Crippen LogP contribution in [0.4, 0.5) is 0 Å². The topological polar surface area (TPSA) is 8.17 Å². The van der Waals surface area contributed by atoms with Crippen molar-refractivity contribution in [3.63, 3.8) is 0 Å². The zero-order chi connectivity index (χ0) is 10.6. The monoisotopic (exact) mass is 194 g/mol. The van der Waals surface area contributed by atoms with Crippen molar-refractivity contribution < 1.29 is 0 Å². The summed E-state index contributed by atoms with van der Waals surface area (Å²) in [6.45, 7) is 13.4. The molecule has 0 aromatic carbocycles. The Bertz CT molecular complexity index is 252. The molecule has 1 rings (SSSR count). The number of nitrogens with zero attached hydrogens (tertiary/aromatic N) is 2. The Labute approximate surface area is 87.5 Å². The molecule has 1 aromatic rings. The van der Waals surface area contributed by atoms with Gasteiger partial charge in [0, 0.05) is 24.5 Å².